The summed E-state index contributed by atoms with van der Waals surface area (Å²) in [6, 6.07) is 0. The molecule has 92 valence electrons. The summed E-state index contributed by atoms with van der Waals surface area (Å²) in [6.07, 6.45) is 0.684. The van der Waals surface area contributed by atoms with E-state index in [-0.39, 0.29) is 5.41 Å². The Hall–Kier alpha value is -0.980. The summed E-state index contributed by atoms with van der Waals surface area (Å²) in [5.41, 5.74) is -0.370. The van der Waals surface area contributed by atoms with Gasteiger partial charge in [-0.25, -0.2) is 0 Å². The fourth-order valence-corrected chi connectivity index (χ4v) is 2.03. The number of nitrogens with zero attached hydrogens (tertiary/aromatic N) is 3. The molecular weight excluding hydrogens is 233 g/mol. The molecule has 0 aliphatic rings. The highest BCUT2D eigenvalue weighted by molar-refractivity contribution is 7.86. The summed E-state index contributed by atoms with van der Waals surface area (Å²) >= 11 is 0. The van der Waals surface area contributed by atoms with Crippen molar-refractivity contribution in [1.29, 1.82) is 0 Å². The molecule has 0 saturated carbocycles. The van der Waals surface area contributed by atoms with Crippen molar-refractivity contribution in [1.82, 2.24) is 14.8 Å². The van der Waals surface area contributed by atoms with Crippen LogP contribution in [0.5, 0.6) is 0 Å². The van der Waals surface area contributed by atoms with E-state index < -0.39 is 15.4 Å². The molecule has 0 bridgehead atoms. The summed E-state index contributed by atoms with van der Waals surface area (Å²) in [5, 5.41) is 6.59. The van der Waals surface area contributed by atoms with Crippen molar-refractivity contribution in [3.05, 3.63) is 5.82 Å². The second kappa shape index (κ2) is 4.12. The molecule has 16 heavy (non-hydrogen) atoms. The molecule has 0 amide bonds. The van der Waals surface area contributed by atoms with Gasteiger partial charge in [0.15, 0.2) is 0 Å². The van der Waals surface area contributed by atoms with Gasteiger partial charge in [0.1, 0.15) is 5.82 Å². The average Bonchev–Trinajstić information content (AvgIpc) is 2.46. The summed E-state index contributed by atoms with van der Waals surface area (Å²) in [5.74, 6) is 0.477. The smallest absolute Gasteiger partial charge is 0.299 e. The van der Waals surface area contributed by atoms with Crippen LogP contribution in [-0.2, 0) is 22.2 Å². The van der Waals surface area contributed by atoms with Gasteiger partial charge in [0.25, 0.3) is 5.16 Å². The van der Waals surface area contributed by atoms with Crippen molar-refractivity contribution in [2.45, 2.75) is 51.2 Å². The molecule has 1 aromatic heterocycles. The molecule has 0 N–H and O–H groups in total. The number of aromatic nitrogens is 3. The molecular formula is C9H16FN3O2S. The SMILES string of the molecule is CCCn1c(C(C)(C)C)nnc1S(=O)(=O)F. The number of halogens is 1. The fourth-order valence-electron chi connectivity index (χ4n) is 1.45. The lowest BCUT2D eigenvalue weighted by atomic mass is 9.96. The van der Waals surface area contributed by atoms with Gasteiger partial charge in [-0.05, 0) is 6.42 Å². The molecule has 0 aliphatic carbocycles. The predicted molar refractivity (Wildman–Crippen MR) is 57.3 cm³/mol. The van der Waals surface area contributed by atoms with Crippen molar-refractivity contribution >= 4 is 10.2 Å². The monoisotopic (exact) mass is 249 g/mol. The van der Waals surface area contributed by atoms with Gasteiger partial charge in [0, 0.05) is 12.0 Å². The Kier molecular flexibility index (Phi) is 3.37. The van der Waals surface area contributed by atoms with Gasteiger partial charge >= 0.3 is 10.2 Å². The normalized spacial score (nSPS) is 13.1. The summed E-state index contributed by atoms with van der Waals surface area (Å²) < 4.78 is 36.0. The van der Waals surface area contributed by atoms with Crippen LogP contribution in [0.1, 0.15) is 39.9 Å². The summed E-state index contributed by atoms with van der Waals surface area (Å²) in [6.45, 7) is 7.88. The zero-order valence-corrected chi connectivity index (χ0v) is 10.7. The minimum Gasteiger partial charge on any atom is -0.299 e. The maximum absolute atomic E-state index is 13.0. The number of hydrogen-bond acceptors (Lipinski definition) is 4. The molecule has 0 atom stereocenters. The Morgan fingerprint density at radius 3 is 2.25 bits per heavy atom. The van der Waals surface area contributed by atoms with E-state index in [4.69, 9.17) is 0 Å². The quantitative estimate of drug-likeness (QED) is 0.764. The van der Waals surface area contributed by atoms with Crippen molar-refractivity contribution in [3.8, 4) is 0 Å². The van der Waals surface area contributed by atoms with Crippen molar-refractivity contribution in [3.63, 3.8) is 0 Å². The lowest BCUT2D eigenvalue weighted by Crippen LogP contribution is -2.20. The van der Waals surface area contributed by atoms with Crippen molar-refractivity contribution in [2.24, 2.45) is 0 Å². The number of hydrogen-bond donors (Lipinski definition) is 0. The van der Waals surface area contributed by atoms with Gasteiger partial charge < -0.3 is 0 Å². The van der Waals surface area contributed by atoms with E-state index in [1.807, 2.05) is 27.7 Å². The molecule has 0 fully saturated rings. The van der Waals surface area contributed by atoms with E-state index in [2.05, 4.69) is 10.2 Å². The lowest BCUT2D eigenvalue weighted by molar-refractivity contribution is 0.468. The second-order valence-corrected chi connectivity index (χ2v) is 5.89. The van der Waals surface area contributed by atoms with Crippen LogP contribution in [0.2, 0.25) is 0 Å². The maximum atomic E-state index is 13.0. The topological polar surface area (TPSA) is 64.8 Å². The van der Waals surface area contributed by atoms with Crippen LogP contribution in [0.4, 0.5) is 3.89 Å². The largest absolute Gasteiger partial charge is 0.368 e. The highest BCUT2D eigenvalue weighted by Crippen LogP contribution is 2.23. The van der Waals surface area contributed by atoms with E-state index in [1.54, 1.807) is 0 Å². The fraction of sp³-hybridized carbons (Fsp3) is 0.778. The molecule has 7 heteroatoms. The van der Waals surface area contributed by atoms with E-state index in [9.17, 15) is 12.3 Å². The first-order valence-corrected chi connectivity index (χ1v) is 6.44. The second-order valence-electron chi connectivity index (χ2n) is 4.65. The molecule has 0 aromatic carbocycles. The average molecular weight is 249 g/mol. The standard InChI is InChI=1S/C9H16FN3O2S/c1-5-6-13-7(9(2,3)4)11-12-8(13)16(10,14)15/h5-6H2,1-4H3. The van der Waals surface area contributed by atoms with Crippen LogP contribution in [0.3, 0.4) is 0 Å². The van der Waals surface area contributed by atoms with Crippen molar-refractivity contribution in [2.75, 3.05) is 0 Å². The zero-order chi connectivity index (χ0) is 12.6. The minimum absolute atomic E-state index is 0.370. The van der Waals surface area contributed by atoms with Crippen LogP contribution in [-0.4, -0.2) is 23.2 Å². The molecule has 0 radical (unpaired) electrons. The van der Waals surface area contributed by atoms with Crippen molar-refractivity contribution < 1.29 is 12.3 Å². The molecule has 0 saturated heterocycles. The Labute approximate surface area is 94.9 Å². The van der Waals surface area contributed by atoms with Crippen LogP contribution in [0.25, 0.3) is 0 Å². The molecule has 0 spiro atoms. The predicted octanol–water partition coefficient (Wildman–Crippen LogP) is 1.64. The molecule has 0 unspecified atom stereocenters. The lowest BCUT2D eigenvalue weighted by Gasteiger charge is -2.18. The first-order chi connectivity index (χ1) is 7.18. The highest BCUT2D eigenvalue weighted by Gasteiger charge is 2.29. The van der Waals surface area contributed by atoms with Crippen LogP contribution < -0.4 is 0 Å². The molecule has 1 heterocycles. The molecule has 1 aromatic rings. The molecule has 0 aliphatic heterocycles. The Bertz CT molecular complexity index is 473. The third kappa shape index (κ3) is 2.58. The van der Waals surface area contributed by atoms with Gasteiger partial charge in [-0.2, -0.15) is 8.42 Å². The van der Waals surface area contributed by atoms with Crippen LogP contribution >= 0.6 is 0 Å². The van der Waals surface area contributed by atoms with E-state index >= 15 is 0 Å². The zero-order valence-electron chi connectivity index (χ0n) is 9.86. The maximum Gasteiger partial charge on any atom is 0.368 e. The molecule has 5 nitrogen and oxygen atoms in total. The third-order valence-corrected chi connectivity index (χ3v) is 2.79. The van der Waals surface area contributed by atoms with Gasteiger partial charge in [-0.15, -0.1) is 10.2 Å². The highest BCUT2D eigenvalue weighted by atomic mass is 32.3. The van der Waals surface area contributed by atoms with Gasteiger partial charge in [0.05, 0.1) is 0 Å². The first-order valence-electron chi connectivity index (χ1n) is 5.06. The Morgan fingerprint density at radius 2 is 1.88 bits per heavy atom. The minimum atomic E-state index is -4.81. The third-order valence-electron chi connectivity index (χ3n) is 2.05. The van der Waals surface area contributed by atoms with Gasteiger partial charge in [0.2, 0.25) is 0 Å². The Morgan fingerprint density at radius 1 is 1.31 bits per heavy atom. The van der Waals surface area contributed by atoms with Gasteiger partial charge in [-0.3, -0.25) is 4.57 Å². The van der Waals surface area contributed by atoms with E-state index in [0.29, 0.717) is 18.8 Å². The first kappa shape index (κ1) is 13.1. The summed E-state index contributed by atoms with van der Waals surface area (Å²) in [4.78, 5) is 0. The number of rotatable bonds is 3. The van der Waals surface area contributed by atoms with E-state index in [0.717, 1.165) is 0 Å². The molecule has 1 rings (SSSR count). The van der Waals surface area contributed by atoms with Crippen LogP contribution in [0, 0.1) is 0 Å². The Balaban J connectivity index is 3.40. The van der Waals surface area contributed by atoms with Crippen LogP contribution in [0.15, 0.2) is 5.16 Å². The van der Waals surface area contributed by atoms with Gasteiger partial charge in [-0.1, -0.05) is 31.6 Å². The summed E-state index contributed by atoms with van der Waals surface area (Å²) in [7, 11) is -4.81. The van der Waals surface area contributed by atoms with E-state index in [1.165, 1.54) is 4.57 Å².